The van der Waals surface area contributed by atoms with Crippen LogP contribution in [0.4, 0.5) is 0 Å². The van der Waals surface area contributed by atoms with Gasteiger partial charge in [0.2, 0.25) is 0 Å². The number of nitrogens with one attached hydrogen (secondary N) is 1. The van der Waals surface area contributed by atoms with Gasteiger partial charge in [0.25, 0.3) is 0 Å². The van der Waals surface area contributed by atoms with Crippen LogP contribution in [0.15, 0.2) is 23.1 Å². The SMILES string of the molecule is CCCC(C)C12CNC3=C(CC(O)=CC3)[C@@H]1[C@@H]1OC3(CC)CN4CCC3CC142. The number of piperidine rings is 3. The summed E-state index contributed by atoms with van der Waals surface area (Å²) in [7, 11) is 0. The summed E-state index contributed by atoms with van der Waals surface area (Å²) in [6, 6.07) is 0. The molecule has 0 aromatic carbocycles. The second kappa shape index (κ2) is 5.57. The van der Waals surface area contributed by atoms with Crippen LogP contribution in [0.3, 0.4) is 0 Å². The Kier molecular flexibility index (Phi) is 3.55. The second-order valence-corrected chi connectivity index (χ2v) is 10.6. The minimum absolute atomic E-state index is 0.0863. The first-order valence-corrected chi connectivity index (χ1v) is 11.8. The lowest BCUT2D eigenvalue weighted by Crippen LogP contribution is -2.94. The molecule has 154 valence electrons. The molecule has 0 amide bonds. The van der Waals surface area contributed by atoms with E-state index in [1.807, 2.05) is 6.08 Å². The average Bonchev–Trinajstić information content (AvgIpc) is 2.71. The molecule has 8 rings (SSSR count). The summed E-state index contributed by atoms with van der Waals surface area (Å²) in [5.41, 5.74) is 3.41. The van der Waals surface area contributed by atoms with Gasteiger partial charge in [0.1, 0.15) is 0 Å². The number of allylic oxidation sites excluding steroid dienone is 2. The predicted molar refractivity (Wildman–Crippen MR) is 110 cm³/mol. The van der Waals surface area contributed by atoms with Crippen molar-refractivity contribution < 1.29 is 9.84 Å². The van der Waals surface area contributed by atoms with Crippen molar-refractivity contribution in [2.45, 2.75) is 83.0 Å². The van der Waals surface area contributed by atoms with Crippen LogP contribution >= 0.6 is 0 Å². The van der Waals surface area contributed by atoms with Crippen LogP contribution < -0.4 is 5.32 Å². The number of nitrogens with zero attached hydrogens (tertiary/aromatic N) is 1. The number of aliphatic hydroxyl groups is 1. The predicted octanol–water partition coefficient (Wildman–Crippen LogP) is 4.14. The maximum absolute atomic E-state index is 10.4. The standard InChI is InChI=1S/C24H36N2O2/c1-4-6-15(3)23-13-25-19-8-7-17(27)11-18(19)20(23)21-24(23)12-16-9-10-26(24)14-22(16,5-2)28-21/h7,15-16,20-21,25,27H,4-6,8-14H2,1-3H3/t15?,16?,20-,21+,22?,23?,24?/m1/s1. The number of hydrogen-bond donors (Lipinski definition) is 2. The van der Waals surface area contributed by atoms with E-state index in [1.165, 1.54) is 43.5 Å². The van der Waals surface area contributed by atoms with Crippen LogP contribution in [0.1, 0.15) is 65.7 Å². The highest BCUT2D eigenvalue weighted by atomic mass is 16.5. The van der Waals surface area contributed by atoms with Gasteiger partial charge in [0, 0.05) is 43.0 Å². The molecule has 0 aromatic rings. The first-order chi connectivity index (χ1) is 13.5. The molecule has 6 fully saturated rings. The van der Waals surface area contributed by atoms with Gasteiger partial charge >= 0.3 is 0 Å². The van der Waals surface area contributed by atoms with Crippen molar-refractivity contribution in [2.75, 3.05) is 19.6 Å². The van der Waals surface area contributed by atoms with Crippen molar-refractivity contribution in [3.05, 3.63) is 23.1 Å². The molecule has 2 aliphatic carbocycles. The second-order valence-electron chi connectivity index (χ2n) is 10.6. The molecule has 4 heteroatoms. The lowest BCUT2D eigenvalue weighted by atomic mass is 9.33. The zero-order valence-corrected chi connectivity index (χ0v) is 17.8. The van der Waals surface area contributed by atoms with Crippen LogP contribution in [-0.2, 0) is 4.74 Å². The Bertz CT molecular complexity index is 775. The van der Waals surface area contributed by atoms with E-state index in [0.29, 0.717) is 23.7 Å². The van der Waals surface area contributed by atoms with Crippen LogP contribution in [-0.4, -0.2) is 46.9 Å². The molecule has 1 spiro atoms. The first-order valence-electron chi connectivity index (χ1n) is 11.8. The zero-order valence-electron chi connectivity index (χ0n) is 17.8. The molecular formula is C24H36N2O2. The highest BCUT2D eigenvalue weighted by Crippen LogP contribution is 2.75. The van der Waals surface area contributed by atoms with E-state index >= 15 is 0 Å². The molecule has 4 bridgehead atoms. The number of hydrogen-bond acceptors (Lipinski definition) is 4. The van der Waals surface area contributed by atoms with E-state index < -0.39 is 0 Å². The van der Waals surface area contributed by atoms with Crippen molar-refractivity contribution in [3.8, 4) is 0 Å². The normalized spacial score (nSPS) is 51.5. The summed E-state index contributed by atoms with van der Waals surface area (Å²) in [5.74, 6) is 2.45. The van der Waals surface area contributed by atoms with Crippen molar-refractivity contribution in [1.82, 2.24) is 10.2 Å². The highest BCUT2D eigenvalue weighted by molar-refractivity contribution is 5.45. The summed E-state index contributed by atoms with van der Waals surface area (Å²) in [4.78, 5) is 2.89. The summed E-state index contributed by atoms with van der Waals surface area (Å²) in [6.07, 6.45) is 10.2. The van der Waals surface area contributed by atoms with Gasteiger partial charge in [0.05, 0.1) is 23.0 Å². The Balaban J connectivity index is 1.50. The fourth-order valence-electron chi connectivity index (χ4n) is 8.86. The first kappa shape index (κ1) is 17.8. The maximum atomic E-state index is 10.4. The Morgan fingerprint density at radius 3 is 2.96 bits per heavy atom. The van der Waals surface area contributed by atoms with Gasteiger partial charge in [0.15, 0.2) is 0 Å². The van der Waals surface area contributed by atoms with Crippen LogP contribution in [0.5, 0.6) is 0 Å². The average molecular weight is 385 g/mol. The van der Waals surface area contributed by atoms with Crippen LogP contribution in [0.25, 0.3) is 0 Å². The fraction of sp³-hybridized carbons (Fsp3) is 0.833. The van der Waals surface area contributed by atoms with Crippen molar-refractivity contribution in [2.24, 2.45) is 23.2 Å². The molecule has 28 heavy (non-hydrogen) atoms. The number of fused-ring (bicyclic) bond motifs is 3. The van der Waals surface area contributed by atoms with Gasteiger partial charge in [-0.15, -0.1) is 0 Å². The number of ether oxygens (including phenoxy) is 1. The summed E-state index contributed by atoms with van der Waals surface area (Å²) in [5, 5.41) is 14.3. The number of morpholine rings is 1. The third kappa shape index (κ3) is 1.74. The largest absolute Gasteiger partial charge is 0.512 e. The summed E-state index contributed by atoms with van der Waals surface area (Å²) in [6.45, 7) is 10.7. The molecule has 5 saturated heterocycles. The monoisotopic (exact) mass is 384 g/mol. The molecule has 0 radical (unpaired) electrons. The van der Waals surface area contributed by atoms with E-state index in [2.05, 4.69) is 31.0 Å². The topological polar surface area (TPSA) is 44.7 Å². The highest BCUT2D eigenvalue weighted by Gasteiger charge is 2.83. The Hall–Kier alpha value is -1.00. The van der Waals surface area contributed by atoms with Gasteiger partial charge in [-0.3, -0.25) is 4.90 Å². The van der Waals surface area contributed by atoms with Gasteiger partial charge < -0.3 is 15.2 Å². The van der Waals surface area contributed by atoms with Gasteiger partial charge in [-0.05, 0) is 49.3 Å². The van der Waals surface area contributed by atoms with Crippen molar-refractivity contribution >= 4 is 0 Å². The van der Waals surface area contributed by atoms with Crippen LogP contribution in [0.2, 0.25) is 0 Å². The Labute approximate surface area is 169 Å². The summed E-state index contributed by atoms with van der Waals surface area (Å²) >= 11 is 0. The molecule has 2 N–H and O–H groups in total. The van der Waals surface area contributed by atoms with E-state index in [0.717, 1.165) is 38.3 Å². The van der Waals surface area contributed by atoms with E-state index in [9.17, 15) is 5.11 Å². The lowest BCUT2D eigenvalue weighted by Gasteiger charge is -2.84. The zero-order chi connectivity index (χ0) is 19.3. The molecule has 1 saturated carbocycles. The van der Waals surface area contributed by atoms with E-state index in [4.69, 9.17) is 4.74 Å². The van der Waals surface area contributed by atoms with Crippen molar-refractivity contribution in [1.29, 1.82) is 0 Å². The van der Waals surface area contributed by atoms with Crippen molar-refractivity contribution in [3.63, 3.8) is 0 Å². The minimum Gasteiger partial charge on any atom is -0.512 e. The van der Waals surface area contributed by atoms with Gasteiger partial charge in [-0.25, -0.2) is 0 Å². The smallest absolute Gasteiger partial charge is 0.0928 e. The summed E-state index contributed by atoms with van der Waals surface area (Å²) < 4.78 is 7.15. The van der Waals surface area contributed by atoms with E-state index in [1.54, 1.807) is 0 Å². The Morgan fingerprint density at radius 1 is 1.39 bits per heavy atom. The molecule has 8 aliphatic rings. The molecule has 0 aromatic heterocycles. The fourth-order valence-corrected chi connectivity index (χ4v) is 8.86. The third-order valence-electron chi connectivity index (χ3n) is 10.0. The molecule has 6 heterocycles. The lowest BCUT2D eigenvalue weighted by molar-refractivity contribution is -0.412. The van der Waals surface area contributed by atoms with Gasteiger partial charge in [-0.1, -0.05) is 33.6 Å². The molecule has 8 atom stereocenters. The molecule has 4 nitrogen and oxygen atoms in total. The number of aliphatic hydroxyl groups excluding tert-OH is 1. The van der Waals surface area contributed by atoms with Gasteiger partial charge in [-0.2, -0.15) is 0 Å². The molecular weight excluding hydrogens is 348 g/mol. The minimum atomic E-state index is 0.0863. The molecule has 6 aliphatic heterocycles. The quantitative estimate of drug-likeness (QED) is 0.764. The molecule has 6 unspecified atom stereocenters. The number of rotatable bonds is 4. The van der Waals surface area contributed by atoms with Crippen LogP contribution in [0, 0.1) is 23.2 Å². The maximum Gasteiger partial charge on any atom is 0.0928 e. The third-order valence-corrected chi connectivity index (χ3v) is 10.0. The van der Waals surface area contributed by atoms with E-state index in [-0.39, 0.29) is 16.6 Å². The Morgan fingerprint density at radius 2 is 2.25 bits per heavy atom.